The van der Waals surface area contributed by atoms with Crippen molar-refractivity contribution in [3.8, 4) is 0 Å². The fraction of sp³-hybridized carbons (Fsp3) is 0.875. The van der Waals surface area contributed by atoms with Crippen molar-refractivity contribution < 1.29 is 13.2 Å². The lowest BCUT2D eigenvalue weighted by atomic mass is 10.1. The summed E-state index contributed by atoms with van der Waals surface area (Å²) in [5, 5.41) is 0. The molecule has 1 N–H and O–H groups in total. The van der Waals surface area contributed by atoms with Gasteiger partial charge in [-0.25, -0.2) is 13.1 Å². The summed E-state index contributed by atoms with van der Waals surface area (Å²) >= 11 is 0. The van der Waals surface area contributed by atoms with Gasteiger partial charge in [0.2, 0.25) is 15.9 Å². The standard InChI is InChI=1S/C8H16N2O3S/c1-6(2)8(11)10-4-7(5-10)9-14(3,12)13/h6-7,9H,4-5H2,1-3H3. The number of nitrogens with zero attached hydrogens (tertiary/aromatic N) is 1. The zero-order chi connectivity index (χ0) is 10.9. The summed E-state index contributed by atoms with van der Waals surface area (Å²) in [5.74, 6) is 0.0609. The van der Waals surface area contributed by atoms with Crippen LogP contribution in [0.15, 0.2) is 0 Å². The van der Waals surface area contributed by atoms with E-state index < -0.39 is 10.0 Å². The first-order valence-electron chi connectivity index (χ1n) is 4.55. The number of carbonyl (C=O) groups excluding carboxylic acids is 1. The first kappa shape index (κ1) is 11.5. The highest BCUT2D eigenvalue weighted by atomic mass is 32.2. The van der Waals surface area contributed by atoms with Crippen molar-refractivity contribution in [1.82, 2.24) is 9.62 Å². The molecule has 0 unspecified atom stereocenters. The molecule has 0 aromatic rings. The summed E-state index contributed by atoms with van der Waals surface area (Å²) in [6, 6.07) is -0.104. The molecule has 0 aromatic carbocycles. The minimum absolute atomic E-state index is 0.0193. The van der Waals surface area contributed by atoms with Crippen LogP contribution in [0.1, 0.15) is 13.8 Å². The van der Waals surface area contributed by atoms with Crippen LogP contribution in [0.3, 0.4) is 0 Å². The minimum Gasteiger partial charge on any atom is -0.339 e. The van der Waals surface area contributed by atoms with Crippen molar-refractivity contribution in [2.24, 2.45) is 5.92 Å². The Bertz CT molecular complexity index is 317. The summed E-state index contributed by atoms with van der Waals surface area (Å²) < 4.78 is 24.1. The van der Waals surface area contributed by atoms with Gasteiger partial charge in [0.25, 0.3) is 0 Å². The molecule has 0 radical (unpaired) electrons. The Morgan fingerprint density at radius 3 is 2.29 bits per heavy atom. The van der Waals surface area contributed by atoms with Gasteiger partial charge in [0.15, 0.2) is 0 Å². The molecule has 0 aromatic heterocycles. The van der Waals surface area contributed by atoms with Crippen LogP contribution < -0.4 is 4.72 Å². The molecule has 1 aliphatic heterocycles. The highest BCUT2D eigenvalue weighted by Gasteiger charge is 2.32. The average molecular weight is 220 g/mol. The van der Waals surface area contributed by atoms with Gasteiger partial charge in [-0.2, -0.15) is 0 Å². The van der Waals surface area contributed by atoms with Gasteiger partial charge in [0, 0.05) is 19.0 Å². The van der Waals surface area contributed by atoms with Gasteiger partial charge in [-0.05, 0) is 0 Å². The van der Waals surface area contributed by atoms with Crippen LogP contribution >= 0.6 is 0 Å². The topological polar surface area (TPSA) is 66.5 Å². The van der Waals surface area contributed by atoms with Crippen LogP contribution in [0.2, 0.25) is 0 Å². The molecule has 0 atom stereocenters. The third-order valence-electron chi connectivity index (χ3n) is 2.07. The van der Waals surface area contributed by atoms with E-state index in [9.17, 15) is 13.2 Å². The quantitative estimate of drug-likeness (QED) is 0.691. The maximum Gasteiger partial charge on any atom is 0.225 e. The summed E-state index contributed by atoms with van der Waals surface area (Å²) in [7, 11) is -3.14. The van der Waals surface area contributed by atoms with E-state index in [1.807, 2.05) is 13.8 Å². The fourth-order valence-corrected chi connectivity index (χ4v) is 2.16. The first-order valence-corrected chi connectivity index (χ1v) is 6.45. The Morgan fingerprint density at radius 2 is 1.93 bits per heavy atom. The molecular formula is C8H16N2O3S. The zero-order valence-corrected chi connectivity index (χ0v) is 9.47. The fourth-order valence-electron chi connectivity index (χ4n) is 1.40. The van der Waals surface area contributed by atoms with Crippen LogP contribution in [0.4, 0.5) is 0 Å². The summed E-state index contributed by atoms with van der Waals surface area (Å²) in [6.45, 7) is 4.65. The van der Waals surface area contributed by atoms with E-state index in [0.29, 0.717) is 13.1 Å². The lowest BCUT2D eigenvalue weighted by Gasteiger charge is -2.40. The van der Waals surface area contributed by atoms with E-state index in [2.05, 4.69) is 4.72 Å². The molecule has 0 spiro atoms. The van der Waals surface area contributed by atoms with Crippen LogP contribution in [0, 0.1) is 5.92 Å². The van der Waals surface area contributed by atoms with Crippen molar-refractivity contribution in [1.29, 1.82) is 0 Å². The minimum atomic E-state index is -3.14. The van der Waals surface area contributed by atoms with E-state index >= 15 is 0 Å². The number of likely N-dealkylation sites (tertiary alicyclic amines) is 1. The van der Waals surface area contributed by atoms with Crippen molar-refractivity contribution in [2.45, 2.75) is 19.9 Å². The SMILES string of the molecule is CC(C)C(=O)N1CC(NS(C)(=O)=O)C1. The lowest BCUT2D eigenvalue weighted by molar-refractivity contribution is -0.139. The summed E-state index contributed by atoms with van der Waals surface area (Å²) in [6.07, 6.45) is 1.12. The Morgan fingerprint density at radius 1 is 1.43 bits per heavy atom. The molecule has 14 heavy (non-hydrogen) atoms. The Labute approximate surface area is 84.5 Å². The molecule has 1 amide bonds. The highest BCUT2D eigenvalue weighted by molar-refractivity contribution is 7.88. The molecule has 0 bridgehead atoms. The smallest absolute Gasteiger partial charge is 0.225 e. The second-order valence-electron chi connectivity index (χ2n) is 3.98. The van der Waals surface area contributed by atoms with Gasteiger partial charge in [-0.3, -0.25) is 4.79 Å². The van der Waals surface area contributed by atoms with Gasteiger partial charge >= 0.3 is 0 Å². The number of hydrogen-bond donors (Lipinski definition) is 1. The predicted molar refractivity (Wildman–Crippen MR) is 53.2 cm³/mol. The van der Waals surface area contributed by atoms with Gasteiger partial charge < -0.3 is 4.90 Å². The number of hydrogen-bond acceptors (Lipinski definition) is 3. The van der Waals surface area contributed by atoms with Crippen LogP contribution in [-0.4, -0.2) is 44.6 Å². The second kappa shape index (κ2) is 3.86. The van der Waals surface area contributed by atoms with E-state index in [0.717, 1.165) is 6.26 Å². The molecule has 1 saturated heterocycles. The molecule has 6 heteroatoms. The van der Waals surface area contributed by atoms with Gasteiger partial charge in [-0.1, -0.05) is 13.8 Å². The molecule has 1 heterocycles. The first-order chi connectivity index (χ1) is 6.29. The van der Waals surface area contributed by atoms with Crippen LogP contribution in [0.25, 0.3) is 0 Å². The van der Waals surface area contributed by atoms with Crippen molar-refractivity contribution >= 4 is 15.9 Å². The average Bonchev–Trinajstić information content (AvgIpc) is 1.92. The zero-order valence-electron chi connectivity index (χ0n) is 8.65. The van der Waals surface area contributed by atoms with Gasteiger partial charge in [0.1, 0.15) is 0 Å². The largest absolute Gasteiger partial charge is 0.339 e. The van der Waals surface area contributed by atoms with Crippen molar-refractivity contribution in [3.63, 3.8) is 0 Å². The molecule has 82 valence electrons. The van der Waals surface area contributed by atoms with Crippen molar-refractivity contribution in [2.75, 3.05) is 19.3 Å². The molecule has 1 rings (SSSR count). The predicted octanol–water partition coefficient (Wildman–Crippen LogP) is -0.598. The monoisotopic (exact) mass is 220 g/mol. The Hall–Kier alpha value is -0.620. The molecule has 5 nitrogen and oxygen atoms in total. The molecule has 0 aliphatic carbocycles. The van der Waals surface area contributed by atoms with Gasteiger partial charge in [-0.15, -0.1) is 0 Å². The number of amides is 1. The number of carbonyl (C=O) groups is 1. The number of rotatable bonds is 3. The van der Waals surface area contributed by atoms with Gasteiger partial charge in [0.05, 0.1) is 12.3 Å². The molecule has 0 saturated carbocycles. The maximum atomic E-state index is 11.4. The second-order valence-corrected chi connectivity index (χ2v) is 5.76. The van der Waals surface area contributed by atoms with E-state index in [4.69, 9.17) is 0 Å². The molecule has 1 aliphatic rings. The summed E-state index contributed by atoms with van der Waals surface area (Å²) in [4.78, 5) is 13.0. The Balaban J connectivity index is 2.34. The van der Waals surface area contributed by atoms with E-state index in [-0.39, 0.29) is 17.9 Å². The molecule has 1 fully saturated rings. The number of nitrogens with one attached hydrogen (secondary N) is 1. The van der Waals surface area contributed by atoms with E-state index in [1.54, 1.807) is 4.90 Å². The third kappa shape index (κ3) is 2.95. The summed E-state index contributed by atoms with van der Waals surface area (Å²) in [5.41, 5.74) is 0. The third-order valence-corrected chi connectivity index (χ3v) is 2.83. The molecular weight excluding hydrogens is 204 g/mol. The van der Waals surface area contributed by atoms with Crippen LogP contribution in [0.5, 0.6) is 0 Å². The van der Waals surface area contributed by atoms with Crippen LogP contribution in [-0.2, 0) is 14.8 Å². The van der Waals surface area contributed by atoms with E-state index in [1.165, 1.54) is 0 Å². The highest BCUT2D eigenvalue weighted by Crippen LogP contribution is 2.12. The van der Waals surface area contributed by atoms with Crippen molar-refractivity contribution in [3.05, 3.63) is 0 Å². The maximum absolute atomic E-state index is 11.4. The number of sulfonamides is 1. The normalized spacial score (nSPS) is 18.4. The Kier molecular flexibility index (Phi) is 3.16. The lowest BCUT2D eigenvalue weighted by Crippen LogP contribution is -2.61.